The lowest BCUT2D eigenvalue weighted by Crippen LogP contribution is -1.90. The molecule has 0 aliphatic carbocycles. The molecule has 4 heteroatoms. The van der Waals surface area contributed by atoms with Gasteiger partial charge in [-0.2, -0.15) is 5.10 Å². The van der Waals surface area contributed by atoms with Gasteiger partial charge in [0.1, 0.15) is 0 Å². The van der Waals surface area contributed by atoms with Crippen LogP contribution in [0.25, 0.3) is 0 Å². The van der Waals surface area contributed by atoms with Crippen molar-refractivity contribution in [2.45, 2.75) is 11.3 Å². The molecule has 0 saturated heterocycles. The van der Waals surface area contributed by atoms with Crippen LogP contribution in [0.5, 0.6) is 0 Å². The first-order valence-electron chi connectivity index (χ1n) is 5.20. The maximum Gasteiger partial charge on any atom is 0.0625 e. The molecule has 0 saturated carbocycles. The summed E-state index contributed by atoms with van der Waals surface area (Å²) in [6, 6.07) is 8.06. The Labute approximate surface area is 99.7 Å². The maximum atomic E-state index is 5.63. The highest BCUT2D eigenvalue weighted by molar-refractivity contribution is 7.99. The van der Waals surface area contributed by atoms with Gasteiger partial charge in [-0.05, 0) is 24.1 Å². The number of hydrogen-bond acceptors (Lipinski definition) is 3. The highest BCUT2D eigenvalue weighted by Gasteiger charge is 1.98. The van der Waals surface area contributed by atoms with Gasteiger partial charge in [-0.3, -0.25) is 4.68 Å². The van der Waals surface area contributed by atoms with Crippen molar-refractivity contribution in [3.8, 4) is 0 Å². The predicted octanol–water partition coefficient (Wildman–Crippen LogP) is 2.34. The van der Waals surface area contributed by atoms with Crippen molar-refractivity contribution in [2.75, 3.05) is 11.5 Å². The first-order chi connectivity index (χ1) is 7.74. The van der Waals surface area contributed by atoms with E-state index in [-0.39, 0.29) is 0 Å². The number of anilines is 1. The van der Waals surface area contributed by atoms with Gasteiger partial charge >= 0.3 is 0 Å². The Bertz CT molecular complexity index is 448. The zero-order valence-electron chi connectivity index (χ0n) is 9.26. The molecule has 2 rings (SSSR count). The number of nitrogens with two attached hydrogens (primary N) is 1. The highest BCUT2D eigenvalue weighted by Crippen LogP contribution is 2.18. The van der Waals surface area contributed by atoms with E-state index in [4.69, 9.17) is 5.73 Å². The molecule has 1 aromatic carbocycles. The van der Waals surface area contributed by atoms with Gasteiger partial charge in [0, 0.05) is 29.6 Å². The monoisotopic (exact) mass is 233 g/mol. The van der Waals surface area contributed by atoms with Gasteiger partial charge in [0.05, 0.1) is 6.20 Å². The Kier molecular flexibility index (Phi) is 3.51. The van der Waals surface area contributed by atoms with Crippen LogP contribution in [0.15, 0.2) is 41.6 Å². The fourth-order valence-corrected chi connectivity index (χ4v) is 2.37. The third-order valence-electron chi connectivity index (χ3n) is 2.32. The molecule has 0 bridgehead atoms. The molecule has 0 unspecified atom stereocenters. The Hall–Kier alpha value is -1.42. The second kappa shape index (κ2) is 5.07. The maximum absolute atomic E-state index is 5.63. The second-order valence-electron chi connectivity index (χ2n) is 3.69. The van der Waals surface area contributed by atoms with E-state index < -0.39 is 0 Å². The van der Waals surface area contributed by atoms with Crippen LogP contribution in [-0.2, 0) is 13.5 Å². The van der Waals surface area contributed by atoms with Gasteiger partial charge in [-0.1, -0.05) is 12.1 Å². The van der Waals surface area contributed by atoms with Crippen LogP contribution < -0.4 is 5.73 Å². The minimum atomic E-state index is 0.823. The molecule has 16 heavy (non-hydrogen) atoms. The fourth-order valence-electron chi connectivity index (χ4n) is 1.44. The van der Waals surface area contributed by atoms with Crippen LogP contribution in [-0.4, -0.2) is 15.5 Å². The van der Waals surface area contributed by atoms with Crippen LogP contribution in [0.3, 0.4) is 0 Å². The smallest absolute Gasteiger partial charge is 0.0625 e. The van der Waals surface area contributed by atoms with Gasteiger partial charge < -0.3 is 5.73 Å². The predicted molar refractivity (Wildman–Crippen MR) is 68.5 cm³/mol. The Morgan fingerprint density at radius 2 is 2.06 bits per heavy atom. The number of nitrogen functional groups attached to an aromatic ring is 1. The number of thioether (sulfide) groups is 1. The summed E-state index contributed by atoms with van der Waals surface area (Å²) in [5, 5.41) is 4.13. The quantitative estimate of drug-likeness (QED) is 0.651. The fraction of sp³-hybridized carbons (Fsp3) is 0.250. The molecule has 3 nitrogen and oxygen atoms in total. The number of aromatic nitrogens is 2. The van der Waals surface area contributed by atoms with Gasteiger partial charge in [0.15, 0.2) is 0 Å². The molecular weight excluding hydrogens is 218 g/mol. The molecule has 0 fully saturated rings. The molecule has 0 radical (unpaired) electrons. The molecule has 2 aromatic rings. The summed E-state index contributed by atoms with van der Waals surface area (Å²) in [5.41, 5.74) is 7.78. The number of nitrogens with zero attached hydrogens (tertiary/aromatic N) is 2. The van der Waals surface area contributed by atoms with Crippen molar-refractivity contribution < 1.29 is 0 Å². The first kappa shape index (κ1) is 11.1. The molecule has 1 heterocycles. The van der Waals surface area contributed by atoms with Gasteiger partial charge in [-0.15, -0.1) is 11.8 Å². The Morgan fingerprint density at radius 1 is 1.31 bits per heavy atom. The van der Waals surface area contributed by atoms with Crippen LogP contribution >= 0.6 is 11.8 Å². The van der Waals surface area contributed by atoms with Crippen molar-refractivity contribution in [1.82, 2.24) is 9.78 Å². The van der Waals surface area contributed by atoms with E-state index in [1.807, 2.05) is 48.0 Å². The molecule has 0 aliphatic heterocycles. The average molecular weight is 233 g/mol. The third-order valence-corrected chi connectivity index (χ3v) is 3.27. The van der Waals surface area contributed by atoms with Gasteiger partial charge in [-0.25, -0.2) is 0 Å². The van der Waals surface area contributed by atoms with Crippen LogP contribution in [0.1, 0.15) is 5.56 Å². The average Bonchev–Trinajstić information content (AvgIpc) is 2.67. The molecule has 0 atom stereocenters. The van der Waals surface area contributed by atoms with Crippen molar-refractivity contribution in [2.24, 2.45) is 7.05 Å². The molecule has 1 aromatic heterocycles. The van der Waals surface area contributed by atoms with E-state index in [1.54, 1.807) is 0 Å². The number of aryl methyl sites for hydroxylation is 2. The van der Waals surface area contributed by atoms with Crippen molar-refractivity contribution in [3.05, 3.63) is 42.2 Å². The van der Waals surface area contributed by atoms with E-state index in [9.17, 15) is 0 Å². The largest absolute Gasteiger partial charge is 0.399 e. The molecule has 84 valence electrons. The summed E-state index contributed by atoms with van der Waals surface area (Å²) < 4.78 is 1.82. The summed E-state index contributed by atoms with van der Waals surface area (Å²) >= 11 is 1.83. The Morgan fingerprint density at radius 3 is 2.69 bits per heavy atom. The topological polar surface area (TPSA) is 43.8 Å². The standard InChI is InChI=1S/C12H15N3S/c1-15-9-12(8-14-15)16-7-6-10-2-4-11(13)5-3-10/h2-5,8-9H,6-7,13H2,1H3. The van der Waals surface area contributed by atoms with E-state index in [1.165, 1.54) is 10.5 Å². The minimum Gasteiger partial charge on any atom is -0.399 e. The van der Waals surface area contributed by atoms with Crippen molar-refractivity contribution >= 4 is 17.4 Å². The summed E-state index contributed by atoms with van der Waals surface area (Å²) in [6.07, 6.45) is 4.99. The number of hydrogen-bond donors (Lipinski definition) is 1. The van der Waals surface area contributed by atoms with E-state index in [0.29, 0.717) is 0 Å². The molecule has 0 spiro atoms. The minimum absolute atomic E-state index is 0.823. The molecule has 0 amide bonds. The van der Waals surface area contributed by atoms with Gasteiger partial charge in [0.2, 0.25) is 0 Å². The zero-order chi connectivity index (χ0) is 11.4. The summed E-state index contributed by atoms with van der Waals surface area (Å²) in [4.78, 5) is 1.22. The third kappa shape index (κ3) is 3.03. The lowest BCUT2D eigenvalue weighted by Gasteiger charge is -2.00. The zero-order valence-corrected chi connectivity index (χ0v) is 10.1. The van der Waals surface area contributed by atoms with Crippen LogP contribution in [0, 0.1) is 0 Å². The number of benzene rings is 1. The van der Waals surface area contributed by atoms with Crippen molar-refractivity contribution in [3.63, 3.8) is 0 Å². The normalized spacial score (nSPS) is 10.6. The van der Waals surface area contributed by atoms with E-state index >= 15 is 0 Å². The summed E-state index contributed by atoms with van der Waals surface area (Å²) in [6.45, 7) is 0. The summed E-state index contributed by atoms with van der Waals surface area (Å²) in [7, 11) is 1.93. The van der Waals surface area contributed by atoms with E-state index in [2.05, 4.69) is 17.2 Å². The van der Waals surface area contributed by atoms with E-state index in [0.717, 1.165) is 17.9 Å². The highest BCUT2D eigenvalue weighted by atomic mass is 32.2. The number of rotatable bonds is 4. The lowest BCUT2D eigenvalue weighted by molar-refractivity contribution is 0.766. The van der Waals surface area contributed by atoms with Crippen LogP contribution in [0.4, 0.5) is 5.69 Å². The molecular formula is C12H15N3S. The molecule has 2 N–H and O–H groups in total. The summed E-state index contributed by atoms with van der Waals surface area (Å²) in [5.74, 6) is 1.07. The lowest BCUT2D eigenvalue weighted by atomic mass is 10.2. The van der Waals surface area contributed by atoms with Crippen LogP contribution in [0.2, 0.25) is 0 Å². The van der Waals surface area contributed by atoms with Gasteiger partial charge in [0.25, 0.3) is 0 Å². The molecule has 0 aliphatic rings. The Balaban J connectivity index is 1.82. The SMILES string of the molecule is Cn1cc(SCCc2ccc(N)cc2)cn1. The first-order valence-corrected chi connectivity index (χ1v) is 6.18. The second-order valence-corrected chi connectivity index (χ2v) is 4.86. The van der Waals surface area contributed by atoms with Crippen molar-refractivity contribution in [1.29, 1.82) is 0 Å².